The third-order valence-corrected chi connectivity index (χ3v) is 6.11. The molecular weight excluding hydrogens is 368 g/mol. The zero-order valence-corrected chi connectivity index (χ0v) is 17.0. The van der Waals surface area contributed by atoms with Crippen molar-refractivity contribution in [3.8, 4) is 0 Å². The monoisotopic (exact) mass is 390 g/mol. The predicted molar refractivity (Wildman–Crippen MR) is 115 cm³/mol. The third kappa shape index (κ3) is 3.47. The number of carbonyl (C=O) groups excluding carboxylic acids is 1. The molecule has 0 saturated heterocycles. The van der Waals surface area contributed by atoms with Crippen LogP contribution in [0.4, 0.5) is 5.69 Å². The number of aromatic nitrogens is 3. The third-order valence-electron chi connectivity index (χ3n) is 4.80. The van der Waals surface area contributed by atoms with Gasteiger partial charge in [0.1, 0.15) is 0 Å². The molecule has 0 saturated carbocycles. The summed E-state index contributed by atoms with van der Waals surface area (Å²) in [6.45, 7) is 6.12. The number of pyridine rings is 1. The lowest BCUT2D eigenvalue weighted by Gasteiger charge is -2.14. The van der Waals surface area contributed by atoms with Crippen LogP contribution in [-0.2, 0) is 4.79 Å². The van der Waals surface area contributed by atoms with Crippen molar-refractivity contribution in [2.24, 2.45) is 0 Å². The molecule has 28 heavy (non-hydrogen) atoms. The summed E-state index contributed by atoms with van der Waals surface area (Å²) in [5.74, 6) is -0.0236. The fraction of sp³-hybridized carbons (Fsp3) is 0.227. The van der Waals surface area contributed by atoms with E-state index in [0.29, 0.717) is 6.42 Å². The second-order valence-electron chi connectivity index (χ2n) is 6.89. The molecule has 142 valence electrons. The molecule has 2 heterocycles. The summed E-state index contributed by atoms with van der Waals surface area (Å²) >= 11 is 1.45. The summed E-state index contributed by atoms with van der Waals surface area (Å²) in [6, 6.07) is 18.1. The van der Waals surface area contributed by atoms with Crippen LogP contribution in [0.2, 0.25) is 0 Å². The summed E-state index contributed by atoms with van der Waals surface area (Å²) in [7, 11) is 0. The molecule has 0 radical (unpaired) electrons. The van der Waals surface area contributed by atoms with Gasteiger partial charge in [0, 0.05) is 11.1 Å². The van der Waals surface area contributed by atoms with Gasteiger partial charge >= 0.3 is 0 Å². The quantitative estimate of drug-likeness (QED) is 0.487. The van der Waals surface area contributed by atoms with E-state index in [4.69, 9.17) is 0 Å². The maximum absolute atomic E-state index is 12.8. The molecule has 0 spiro atoms. The second kappa shape index (κ2) is 7.64. The van der Waals surface area contributed by atoms with Gasteiger partial charge < -0.3 is 5.32 Å². The average molecular weight is 391 g/mol. The molecule has 0 aliphatic carbocycles. The Labute approximate surface area is 168 Å². The number of carbonyl (C=O) groups is 1. The molecule has 0 aliphatic heterocycles. The summed E-state index contributed by atoms with van der Waals surface area (Å²) < 4.78 is 2.04. The van der Waals surface area contributed by atoms with Gasteiger partial charge in [-0.15, -0.1) is 10.2 Å². The average Bonchev–Trinajstić information content (AvgIpc) is 3.10. The van der Waals surface area contributed by atoms with E-state index < -0.39 is 0 Å². The van der Waals surface area contributed by atoms with Crippen LogP contribution in [-0.4, -0.2) is 25.8 Å². The summed E-state index contributed by atoms with van der Waals surface area (Å²) in [6.07, 6.45) is 0.696. The fourth-order valence-electron chi connectivity index (χ4n) is 3.26. The minimum atomic E-state index is -0.256. The molecule has 1 unspecified atom stereocenters. The van der Waals surface area contributed by atoms with E-state index in [0.717, 1.165) is 38.5 Å². The lowest BCUT2D eigenvalue weighted by molar-refractivity contribution is -0.115. The Morgan fingerprint density at radius 2 is 1.86 bits per heavy atom. The first kappa shape index (κ1) is 18.5. The van der Waals surface area contributed by atoms with Crippen molar-refractivity contribution < 1.29 is 4.79 Å². The number of fused-ring (bicyclic) bond motifs is 3. The number of rotatable bonds is 5. The first-order valence-electron chi connectivity index (χ1n) is 9.34. The van der Waals surface area contributed by atoms with Crippen LogP contribution in [0.25, 0.3) is 16.6 Å². The van der Waals surface area contributed by atoms with Gasteiger partial charge in [0.25, 0.3) is 0 Å². The number of nitrogens with one attached hydrogen (secondary N) is 1. The van der Waals surface area contributed by atoms with E-state index in [1.165, 1.54) is 11.8 Å². The second-order valence-corrected chi connectivity index (χ2v) is 8.06. The number of benzene rings is 2. The predicted octanol–water partition coefficient (Wildman–Crippen LogP) is 5.01. The van der Waals surface area contributed by atoms with Crippen LogP contribution in [0.1, 0.15) is 24.5 Å². The normalized spacial score (nSPS) is 12.4. The largest absolute Gasteiger partial charge is 0.325 e. The van der Waals surface area contributed by atoms with E-state index in [1.54, 1.807) is 0 Å². The van der Waals surface area contributed by atoms with E-state index in [9.17, 15) is 4.79 Å². The van der Waals surface area contributed by atoms with Crippen LogP contribution >= 0.6 is 11.8 Å². The maximum atomic E-state index is 12.8. The SMILES string of the molecule is CCC(Sc1nnc2cc(C)c3ccccc3n12)C(=O)Nc1ccc(C)cc1. The van der Waals surface area contributed by atoms with E-state index in [2.05, 4.69) is 34.6 Å². The van der Waals surface area contributed by atoms with Gasteiger partial charge in [-0.1, -0.05) is 54.6 Å². The lowest BCUT2D eigenvalue weighted by atomic mass is 10.1. The number of hydrogen-bond donors (Lipinski definition) is 1. The number of aryl methyl sites for hydroxylation is 2. The molecule has 4 aromatic rings. The number of anilines is 1. The number of thioether (sulfide) groups is 1. The Morgan fingerprint density at radius 3 is 2.61 bits per heavy atom. The van der Waals surface area contributed by atoms with Crippen LogP contribution < -0.4 is 5.32 Å². The molecule has 2 aromatic carbocycles. The highest BCUT2D eigenvalue weighted by atomic mass is 32.2. The van der Waals surface area contributed by atoms with Crippen molar-refractivity contribution in [1.82, 2.24) is 14.6 Å². The van der Waals surface area contributed by atoms with Crippen molar-refractivity contribution in [3.63, 3.8) is 0 Å². The maximum Gasteiger partial charge on any atom is 0.237 e. The van der Waals surface area contributed by atoms with Gasteiger partial charge in [-0.2, -0.15) is 0 Å². The van der Waals surface area contributed by atoms with Crippen molar-refractivity contribution in [3.05, 3.63) is 65.7 Å². The molecule has 5 nitrogen and oxygen atoms in total. The number of hydrogen-bond acceptors (Lipinski definition) is 4. The molecular formula is C22H22N4OS. The molecule has 1 atom stereocenters. The standard InChI is InChI=1S/C22H22N4OS/c1-4-19(21(27)23-16-11-9-14(2)10-12-16)28-22-25-24-20-13-15(3)17-7-5-6-8-18(17)26(20)22/h5-13,19H,4H2,1-3H3,(H,23,27). The molecule has 0 aliphatic rings. The zero-order chi connectivity index (χ0) is 19.7. The van der Waals surface area contributed by atoms with Crippen molar-refractivity contribution in [2.75, 3.05) is 5.32 Å². The summed E-state index contributed by atoms with van der Waals surface area (Å²) in [4.78, 5) is 12.8. The van der Waals surface area contributed by atoms with Gasteiger partial charge in [-0.25, -0.2) is 0 Å². The fourth-order valence-corrected chi connectivity index (χ4v) is 4.23. The first-order chi connectivity index (χ1) is 13.6. The first-order valence-corrected chi connectivity index (χ1v) is 10.2. The molecule has 4 rings (SSSR count). The van der Waals surface area contributed by atoms with Crippen LogP contribution in [0.5, 0.6) is 0 Å². The Morgan fingerprint density at radius 1 is 1.11 bits per heavy atom. The van der Waals surface area contributed by atoms with Crippen LogP contribution in [0.3, 0.4) is 0 Å². The van der Waals surface area contributed by atoms with E-state index in [1.807, 2.05) is 60.7 Å². The minimum Gasteiger partial charge on any atom is -0.325 e. The van der Waals surface area contributed by atoms with Gasteiger partial charge in [0.05, 0.1) is 10.8 Å². The van der Waals surface area contributed by atoms with E-state index >= 15 is 0 Å². The summed E-state index contributed by atoms with van der Waals surface area (Å²) in [5, 5.41) is 13.4. The van der Waals surface area contributed by atoms with Gasteiger partial charge in [-0.3, -0.25) is 9.20 Å². The number of nitrogens with zero attached hydrogens (tertiary/aromatic N) is 3. The Kier molecular flexibility index (Phi) is 5.05. The lowest BCUT2D eigenvalue weighted by Crippen LogP contribution is -2.24. The Hall–Kier alpha value is -2.86. The molecule has 2 aromatic heterocycles. The van der Waals surface area contributed by atoms with Gasteiger partial charge in [-0.05, 0) is 50.1 Å². The zero-order valence-electron chi connectivity index (χ0n) is 16.1. The molecule has 6 heteroatoms. The van der Waals surface area contributed by atoms with Crippen LogP contribution in [0.15, 0.2) is 59.8 Å². The van der Waals surface area contributed by atoms with Gasteiger partial charge in [0.2, 0.25) is 5.91 Å². The summed E-state index contributed by atoms with van der Waals surface area (Å²) in [5.41, 5.74) is 4.99. The molecule has 1 N–H and O–H groups in total. The topological polar surface area (TPSA) is 59.3 Å². The highest BCUT2D eigenvalue weighted by Gasteiger charge is 2.22. The van der Waals surface area contributed by atoms with E-state index in [-0.39, 0.29) is 11.2 Å². The van der Waals surface area contributed by atoms with Crippen molar-refractivity contribution in [1.29, 1.82) is 0 Å². The smallest absolute Gasteiger partial charge is 0.237 e. The highest BCUT2D eigenvalue weighted by molar-refractivity contribution is 8.00. The van der Waals surface area contributed by atoms with Gasteiger partial charge in [0.15, 0.2) is 10.8 Å². The highest BCUT2D eigenvalue weighted by Crippen LogP contribution is 2.29. The number of amides is 1. The minimum absolute atomic E-state index is 0.0236. The molecule has 0 fully saturated rings. The Balaban J connectivity index is 1.65. The van der Waals surface area contributed by atoms with Crippen molar-refractivity contribution in [2.45, 2.75) is 37.6 Å². The Bertz CT molecular complexity index is 1150. The number of para-hydroxylation sites is 1. The van der Waals surface area contributed by atoms with Crippen LogP contribution in [0, 0.1) is 13.8 Å². The van der Waals surface area contributed by atoms with Crippen molar-refractivity contribution >= 4 is 39.9 Å². The molecule has 1 amide bonds. The molecule has 0 bridgehead atoms.